The highest BCUT2D eigenvalue weighted by Gasteiger charge is 2.31. The molecule has 0 saturated heterocycles. The van der Waals surface area contributed by atoms with Crippen LogP contribution in [0, 0.1) is 0 Å². The van der Waals surface area contributed by atoms with Gasteiger partial charge in [-0.05, 0) is 42.0 Å². The van der Waals surface area contributed by atoms with Gasteiger partial charge in [-0.2, -0.15) is 0 Å². The van der Waals surface area contributed by atoms with Crippen LogP contribution in [0.1, 0.15) is 17.3 Å². The van der Waals surface area contributed by atoms with Gasteiger partial charge in [-0.25, -0.2) is 0 Å². The second-order valence-corrected chi connectivity index (χ2v) is 6.17. The Kier molecular flexibility index (Phi) is 4.11. The van der Waals surface area contributed by atoms with E-state index < -0.39 is 0 Å². The van der Waals surface area contributed by atoms with E-state index in [1.807, 2.05) is 19.2 Å². The lowest BCUT2D eigenvalue weighted by atomic mass is 10.0. The van der Waals surface area contributed by atoms with E-state index in [1.54, 1.807) is 6.07 Å². The van der Waals surface area contributed by atoms with Crippen molar-refractivity contribution in [2.75, 3.05) is 13.6 Å². The fourth-order valence-corrected chi connectivity index (χ4v) is 3.50. The second-order valence-electron chi connectivity index (χ2n) is 4.94. The Balaban J connectivity index is 2.12. The Morgan fingerprint density at radius 2 is 2.10 bits per heavy atom. The molecule has 21 heavy (non-hydrogen) atoms. The number of aromatic nitrogens is 1. The van der Waals surface area contributed by atoms with Crippen LogP contribution in [0.25, 0.3) is 0 Å². The van der Waals surface area contributed by atoms with Crippen LogP contribution < -0.4 is 5.32 Å². The summed E-state index contributed by atoms with van der Waals surface area (Å²) in [4.78, 5) is 2.17. The number of thiocarbonyl (C=S) groups is 1. The summed E-state index contributed by atoms with van der Waals surface area (Å²) in [6, 6.07) is 9.78. The van der Waals surface area contributed by atoms with Crippen molar-refractivity contribution in [1.29, 1.82) is 0 Å². The van der Waals surface area contributed by atoms with Crippen LogP contribution in [0.15, 0.2) is 36.5 Å². The quantitative estimate of drug-likeness (QED) is 0.800. The smallest absolute Gasteiger partial charge is 0.169 e. The van der Waals surface area contributed by atoms with Crippen molar-refractivity contribution in [1.82, 2.24) is 14.8 Å². The Labute approximate surface area is 139 Å². The minimum Gasteiger partial charge on any atom is -0.366 e. The number of halogens is 2. The summed E-state index contributed by atoms with van der Waals surface area (Å²) in [5.41, 5.74) is 2.20. The fraction of sp³-hybridized carbons (Fsp3) is 0.267. The molecule has 110 valence electrons. The van der Waals surface area contributed by atoms with E-state index in [9.17, 15) is 0 Å². The predicted octanol–water partition coefficient (Wildman–Crippen LogP) is 3.70. The molecular formula is C15H15Cl2N3S. The molecule has 1 aliphatic rings. The molecule has 1 aromatic carbocycles. The molecule has 6 heteroatoms. The predicted molar refractivity (Wildman–Crippen MR) is 91.1 cm³/mol. The maximum absolute atomic E-state index is 6.43. The van der Waals surface area contributed by atoms with Gasteiger partial charge in [0, 0.05) is 42.1 Å². The first-order valence-corrected chi connectivity index (χ1v) is 7.86. The Morgan fingerprint density at radius 1 is 1.29 bits per heavy atom. The van der Waals surface area contributed by atoms with Crippen molar-refractivity contribution in [2.45, 2.75) is 12.6 Å². The summed E-state index contributed by atoms with van der Waals surface area (Å²) < 4.78 is 2.24. The largest absolute Gasteiger partial charge is 0.366 e. The highest BCUT2D eigenvalue weighted by Crippen LogP contribution is 2.37. The van der Waals surface area contributed by atoms with Crippen LogP contribution >= 0.6 is 35.4 Å². The van der Waals surface area contributed by atoms with Crippen molar-refractivity contribution >= 4 is 40.5 Å². The Bertz CT molecular complexity index is 683. The highest BCUT2D eigenvalue weighted by atomic mass is 35.5. The summed E-state index contributed by atoms with van der Waals surface area (Å²) in [6.45, 7) is 1.75. The van der Waals surface area contributed by atoms with Gasteiger partial charge in [-0.3, -0.25) is 0 Å². The summed E-state index contributed by atoms with van der Waals surface area (Å²) >= 11 is 17.9. The lowest BCUT2D eigenvalue weighted by Gasteiger charge is -2.39. The van der Waals surface area contributed by atoms with Crippen LogP contribution in [0.4, 0.5) is 0 Å². The summed E-state index contributed by atoms with van der Waals surface area (Å²) in [6.07, 6.45) is 2.09. The third-order valence-corrected chi connectivity index (χ3v) is 4.77. The summed E-state index contributed by atoms with van der Waals surface area (Å²) in [7, 11) is 1.84. The molecule has 1 N–H and O–H groups in total. The molecule has 0 radical (unpaired) electrons. The molecule has 0 bridgehead atoms. The number of hydrogen-bond donors (Lipinski definition) is 1. The van der Waals surface area contributed by atoms with E-state index in [0.29, 0.717) is 10.0 Å². The van der Waals surface area contributed by atoms with Gasteiger partial charge in [-0.15, -0.1) is 0 Å². The van der Waals surface area contributed by atoms with E-state index in [1.165, 1.54) is 5.69 Å². The van der Waals surface area contributed by atoms with Crippen LogP contribution in [0.3, 0.4) is 0 Å². The van der Waals surface area contributed by atoms with Gasteiger partial charge in [0.15, 0.2) is 5.11 Å². The normalized spacial score (nSPS) is 17.5. The van der Waals surface area contributed by atoms with Gasteiger partial charge in [0.05, 0.1) is 6.04 Å². The average Bonchev–Trinajstić information content (AvgIpc) is 2.94. The number of benzene rings is 1. The average molecular weight is 340 g/mol. The van der Waals surface area contributed by atoms with Crippen LogP contribution in [0.5, 0.6) is 0 Å². The van der Waals surface area contributed by atoms with E-state index >= 15 is 0 Å². The molecule has 1 aliphatic heterocycles. The molecule has 0 unspecified atom stereocenters. The lowest BCUT2D eigenvalue weighted by molar-refractivity contribution is 0.287. The van der Waals surface area contributed by atoms with Crippen molar-refractivity contribution in [3.05, 3.63) is 57.8 Å². The number of fused-ring (bicyclic) bond motifs is 1. The first-order valence-electron chi connectivity index (χ1n) is 6.70. The second kappa shape index (κ2) is 5.87. The molecule has 1 atom stereocenters. The molecule has 2 aromatic rings. The Morgan fingerprint density at radius 3 is 2.81 bits per heavy atom. The minimum absolute atomic E-state index is 0.00142. The zero-order valence-corrected chi connectivity index (χ0v) is 13.8. The molecular weight excluding hydrogens is 325 g/mol. The monoisotopic (exact) mass is 339 g/mol. The van der Waals surface area contributed by atoms with Gasteiger partial charge in [0.2, 0.25) is 0 Å². The zero-order chi connectivity index (χ0) is 15.0. The SMILES string of the molecule is CNC(=S)N1CCn2cccc2[C@H]1c1ccc(Cl)cc1Cl. The van der Waals surface area contributed by atoms with Crippen LogP contribution in [-0.4, -0.2) is 28.2 Å². The van der Waals surface area contributed by atoms with Crippen molar-refractivity contribution in [2.24, 2.45) is 0 Å². The topological polar surface area (TPSA) is 20.2 Å². The standard InChI is InChI=1S/C15H15Cl2N3S/c1-18-15(21)20-8-7-19-6-2-3-13(19)14(20)11-5-4-10(16)9-12(11)17/h2-6,9,14H,7-8H2,1H3,(H,18,21)/t14-/m1/s1. The van der Waals surface area contributed by atoms with E-state index in [0.717, 1.165) is 23.8 Å². The van der Waals surface area contributed by atoms with Crippen molar-refractivity contribution in [3.8, 4) is 0 Å². The van der Waals surface area contributed by atoms with Gasteiger partial charge < -0.3 is 14.8 Å². The first-order chi connectivity index (χ1) is 10.1. The third kappa shape index (κ3) is 2.63. The fourth-order valence-electron chi connectivity index (χ4n) is 2.80. The number of hydrogen-bond acceptors (Lipinski definition) is 1. The van der Waals surface area contributed by atoms with Crippen LogP contribution in [0.2, 0.25) is 10.0 Å². The van der Waals surface area contributed by atoms with Gasteiger partial charge >= 0.3 is 0 Å². The number of nitrogens with zero attached hydrogens (tertiary/aromatic N) is 2. The van der Waals surface area contributed by atoms with Gasteiger partial charge in [0.25, 0.3) is 0 Å². The molecule has 0 spiro atoms. The highest BCUT2D eigenvalue weighted by molar-refractivity contribution is 7.80. The van der Waals surface area contributed by atoms with Gasteiger partial charge in [0.1, 0.15) is 0 Å². The minimum atomic E-state index is -0.00142. The van der Waals surface area contributed by atoms with Gasteiger partial charge in [-0.1, -0.05) is 29.3 Å². The Hall–Kier alpha value is -1.23. The summed E-state index contributed by atoms with van der Waals surface area (Å²) in [5, 5.41) is 5.08. The van der Waals surface area contributed by atoms with Crippen molar-refractivity contribution in [3.63, 3.8) is 0 Å². The number of rotatable bonds is 1. The maximum atomic E-state index is 6.43. The molecule has 3 nitrogen and oxygen atoms in total. The maximum Gasteiger partial charge on any atom is 0.169 e. The molecule has 0 fully saturated rings. The summed E-state index contributed by atoms with van der Waals surface area (Å²) in [5.74, 6) is 0. The lowest BCUT2D eigenvalue weighted by Crippen LogP contribution is -2.46. The number of nitrogens with one attached hydrogen (secondary N) is 1. The first kappa shape index (κ1) is 14.7. The molecule has 1 aromatic heterocycles. The van der Waals surface area contributed by atoms with E-state index in [4.69, 9.17) is 35.4 Å². The van der Waals surface area contributed by atoms with E-state index in [2.05, 4.69) is 33.1 Å². The molecule has 0 saturated carbocycles. The molecule has 0 aliphatic carbocycles. The molecule has 2 heterocycles. The molecule has 0 amide bonds. The third-order valence-electron chi connectivity index (χ3n) is 3.77. The zero-order valence-electron chi connectivity index (χ0n) is 11.5. The van der Waals surface area contributed by atoms with Crippen LogP contribution in [-0.2, 0) is 6.54 Å². The van der Waals surface area contributed by atoms with E-state index in [-0.39, 0.29) is 6.04 Å². The van der Waals surface area contributed by atoms with Crippen molar-refractivity contribution < 1.29 is 0 Å². The molecule has 3 rings (SSSR count).